The van der Waals surface area contributed by atoms with Crippen LogP contribution < -0.4 is 5.32 Å². The molecule has 1 unspecified atom stereocenters. The standard InChI is InChI=1S/C17H23NO4/c19-16(20)11-15(8-4-7-13-9-10-13)18-17(21)22-12-14-5-2-1-3-6-14/h1-3,5-6,13,15H,4,7-12H2,(H,18,21)(H,19,20). The zero-order valence-electron chi connectivity index (χ0n) is 12.7. The van der Waals surface area contributed by atoms with Crippen molar-refractivity contribution in [2.45, 2.75) is 51.2 Å². The number of carbonyl (C=O) groups excluding carboxylic acids is 1. The summed E-state index contributed by atoms with van der Waals surface area (Å²) in [7, 11) is 0. The smallest absolute Gasteiger partial charge is 0.407 e. The van der Waals surface area contributed by atoms with Gasteiger partial charge in [0.25, 0.3) is 0 Å². The summed E-state index contributed by atoms with van der Waals surface area (Å²) in [6.07, 6.45) is 4.71. The Morgan fingerprint density at radius 1 is 1.27 bits per heavy atom. The molecule has 0 radical (unpaired) electrons. The van der Waals surface area contributed by atoms with Gasteiger partial charge in [0.15, 0.2) is 0 Å². The molecule has 0 aromatic heterocycles. The van der Waals surface area contributed by atoms with Crippen LogP contribution in [-0.4, -0.2) is 23.2 Å². The van der Waals surface area contributed by atoms with Gasteiger partial charge in [0.05, 0.1) is 6.42 Å². The Kier molecular flexibility index (Phi) is 6.25. The number of rotatable bonds is 9. The first-order valence-electron chi connectivity index (χ1n) is 7.82. The van der Waals surface area contributed by atoms with Crippen LogP contribution in [0.5, 0.6) is 0 Å². The molecule has 1 amide bonds. The van der Waals surface area contributed by atoms with Gasteiger partial charge in [-0.3, -0.25) is 4.79 Å². The first-order valence-corrected chi connectivity index (χ1v) is 7.82. The lowest BCUT2D eigenvalue weighted by molar-refractivity contribution is -0.137. The number of hydrogen-bond donors (Lipinski definition) is 2. The number of carbonyl (C=O) groups is 2. The van der Waals surface area contributed by atoms with Crippen molar-refractivity contribution in [2.75, 3.05) is 0 Å². The van der Waals surface area contributed by atoms with E-state index in [9.17, 15) is 9.59 Å². The predicted molar refractivity (Wildman–Crippen MR) is 82.4 cm³/mol. The fraction of sp³-hybridized carbons (Fsp3) is 0.529. The Balaban J connectivity index is 1.72. The van der Waals surface area contributed by atoms with Gasteiger partial charge in [-0.2, -0.15) is 0 Å². The number of hydrogen-bond acceptors (Lipinski definition) is 3. The molecule has 0 bridgehead atoms. The van der Waals surface area contributed by atoms with Gasteiger partial charge in [-0.1, -0.05) is 56.0 Å². The third kappa shape index (κ3) is 6.61. The minimum Gasteiger partial charge on any atom is -0.481 e. The quantitative estimate of drug-likeness (QED) is 0.733. The first kappa shape index (κ1) is 16.3. The zero-order valence-corrected chi connectivity index (χ0v) is 12.7. The van der Waals surface area contributed by atoms with Crippen LogP contribution in [0.4, 0.5) is 4.79 Å². The number of carboxylic acid groups (broad SMARTS) is 1. The molecule has 1 saturated carbocycles. The molecule has 0 saturated heterocycles. The van der Waals surface area contributed by atoms with Crippen LogP contribution in [0.3, 0.4) is 0 Å². The Bertz CT molecular complexity index is 485. The Hall–Kier alpha value is -2.04. The molecule has 0 aliphatic heterocycles. The van der Waals surface area contributed by atoms with E-state index in [4.69, 9.17) is 9.84 Å². The fourth-order valence-electron chi connectivity index (χ4n) is 2.43. The average molecular weight is 305 g/mol. The number of alkyl carbamates (subject to hydrolysis) is 1. The van der Waals surface area contributed by atoms with Gasteiger partial charge in [0.1, 0.15) is 6.61 Å². The topological polar surface area (TPSA) is 75.6 Å². The second-order valence-corrected chi connectivity index (χ2v) is 5.88. The molecule has 0 heterocycles. The molecule has 2 N–H and O–H groups in total. The van der Waals surface area contributed by atoms with Gasteiger partial charge < -0.3 is 15.2 Å². The molecular formula is C17H23NO4. The molecule has 120 valence electrons. The highest BCUT2D eigenvalue weighted by atomic mass is 16.5. The molecule has 1 aromatic rings. The van der Waals surface area contributed by atoms with E-state index < -0.39 is 12.1 Å². The SMILES string of the molecule is O=C(O)CC(CCCC1CC1)NC(=O)OCc1ccccc1. The third-order valence-electron chi connectivity index (χ3n) is 3.82. The van der Waals surface area contributed by atoms with E-state index in [1.54, 1.807) is 0 Å². The Labute approximate surface area is 130 Å². The van der Waals surface area contributed by atoms with Crippen molar-refractivity contribution in [1.82, 2.24) is 5.32 Å². The summed E-state index contributed by atoms with van der Waals surface area (Å²) in [6, 6.07) is 9.03. The normalized spacial score (nSPS) is 15.1. The molecule has 5 heteroatoms. The van der Waals surface area contributed by atoms with Crippen LogP contribution in [0.25, 0.3) is 0 Å². The highest BCUT2D eigenvalue weighted by Gasteiger charge is 2.22. The predicted octanol–water partition coefficient (Wildman–Crippen LogP) is 3.34. The minimum absolute atomic E-state index is 0.0644. The van der Waals surface area contributed by atoms with E-state index in [0.717, 1.165) is 24.3 Å². The summed E-state index contributed by atoms with van der Waals surface area (Å²) < 4.78 is 5.14. The van der Waals surface area contributed by atoms with Crippen LogP contribution >= 0.6 is 0 Å². The summed E-state index contributed by atoms with van der Waals surface area (Å²) in [5.41, 5.74) is 0.904. The third-order valence-corrected chi connectivity index (χ3v) is 3.82. The molecule has 5 nitrogen and oxygen atoms in total. The van der Waals surface area contributed by atoms with E-state index >= 15 is 0 Å². The van der Waals surface area contributed by atoms with Crippen LogP contribution in [0.2, 0.25) is 0 Å². The van der Waals surface area contributed by atoms with Gasteiger partial charge in [0.2, 0.25) is 0 Å². The van der Waals surface area contributed by atoms with Crippen molar-refractivity contribution in [1.29, 1.82) is 0 Å². The molecule has 1 aliphatic carbocycles. The summed E-state index contributed by atoms with van der Waals surface area (Å²) in [6.45, 7) is 0.189. The minimum atomic E-state index is -0.903. The summed E-state index contributed by atoms with van der Waals surface area (Å²) in [4.78, 5) is 22.7. The zero-order chi connectivity index (χ0) is 15.8. The number of carboxylic acids is 1. The highest BCUT2D eigenvalue weighted by Crippen LogP contribution is 2.34. The van der Waals surface area contributed by atoms with Crippen LogP contribution in [0.1, 0.15) is 44.1 Å². The maximum atomic E-state index is 11.8. The summed E-state index contributed by atoms with van der Waals surface area (Å²) in [5.74, 6) is -0.0877. The van der Waals surface area contributed by atoms with Crippen molar-refractivity contribution >= 4 is 12.1 Å². The molecule has 1 aromatic carbocycles. The average Bonchev–Trinajstić information content (AvgIpc) is 3.30. The maximum absolute atomic E-state index is 11.8. The van der Waals surface area contributed by atoms with Crippen molar-refractivity contribution in [2.24, 2.45) is 5.92 Å². The van der Waals surface area contributed by atoms with Crippen molar-refractivity contribution in [3.05, 3.63) is 35.9 Å². The lowest BCUT2D eigenvalue weighted by Gasteiger charge is -2.16. The van der Waals surface area contributed by atoms with Gasteiger partial charge in [-0.05, 0) is 17.9 Å². The number of benzene rings is 1. The number of aliphatic carboxylic acids is 1. The highest BCUT2D eigenvalue weighted by molar-refractivity contribution is 5.71. The van der Waals surface area contributed by atoms with Crippen LogP contribution in [0.15, 0.2) is 30.3 Å². The van der Waals surface area contributed by atoms with E-state index in [0.29, 0.717) is 6.42 Å². The molecule has 2 rings (SSSR count). The Morgan fingerprint density at radius 3 is 2.64 bits per heavy atom. The van der Waals surface area contributed by atoms with E-state index in [2.05, 4.69) is 5.32 Å². The molecular weight excluding hydrogens is 282 g/mol. The molecule has 1 atom stereocenters. The van der Waals surface area contributed by atoms with Crippen LogP contribution in [0, 0.1) is 5.92 Å². The largest absolute Gasteiger partial charge is 0.481 e. The van der Waals surface area contributed by atoms with Gasteiger partial charge in [-0.15, -0.1) is 0 Å². The lowest BCUT2D eigenvalue weighted by atomic mass is 10.1. The van der Waals surface area contributed by atoms with Crippen molar-refractivity contribution in [3.8, 4) is 0 Å². The maximum Gasteiger partial charge on any atom is 0.407 e. The fourth-order valence-corrected chi connectivity index (χ4v) is 2.43. The number of nitrogens with one attached hydrogen (secondary N) is 1. The van der Waals surface area contributed by atoms with Crippen molar-refractivity contribution < 1.29 is 19.4 Å². The summed E-state index contributed by atoms with van der Waals surface area (Å²) in [5, 5.41) is 11.6. The van der Waals surface area contributed by atoms with E-state index in [1.165, 1.54) is 12.8 Å². The second kappa shape index (κ2) is 8.41. The molecule has 1 aliphatic rings. The number of ether oxygens (including phenoxy) is 1. The van der Waals surface area contributed by atoms with Gasteiger partial charge in [0, 0.05) is 6.04 Å². The lowest BCUT2D eigenvalue weighted by Crippen LogP contribution is -2.36. The van der Waals surface area contributed by atoms with Gasteiger partial charge >= 0.3 is 12.1 Å². The van der Waals surface area contributed by atoms with Crippen LogP contribution in [-0.2, 0) is 16.1 Å². The molecule has 1 fully saturated rings. The van der Waals surface area contributed by atoms with Crippen molar-refractivity contribution in [3.63, 3.8) is 0 Å². The summed E-state index contributed by atoms with van der Waals surface area (Å²) >= 11 is 0. The molecule has 0 spiro atoms. The van der Waals surface area contributed by atoms with Gasteiger partial charge in [-0.25, -0.2) is 4.79 Å². The Morgan fingerprint density at radius 2 is 2.00 bits per heavy atom. The second-order valence-electron chi connectivity index (χ2n) is 5.88. The number of amides is 1. The van der Waals surface area contributed by atoms with E-state index in [1.807, 2.05) is 30.3 Å². The first-order chi connectivity index (χ1) is 10.6. The molecule has 22 heavy (non-hydrogen) atoms. The monoisotopic (exact) mass is 305 g/mol. The van der Waals surface area contributed by atoms with E-state index in [-0.39, 0.29) is 19.1 Å².